The van der Waals surface area contributed by atoms with Crippen molar-refractivity contribution in [3.63, 3.8) is 0 Å². The number of hydrogen-bond donors (Lipinski definition) is 1. The van der Waals surface area contributed by atoms with Gasteiger partial charge in [-0.15, -0.1) is 0 Å². The minimum atomic E-state index is -1.06. The number of methoxy groups -OCH3 is 1. The van der Waals surface area contributed by atoms with E-state index in [1.165, 1.54) is 12.0 Å². The fourth-order valence-electron chi connectivity index (χ4n) is 1.37. The number of carboxylic acids is 1. The first-order chi connectivity index (χ1) is 6.54. The highest BCUT2D eigenvalue weighted by Gasteiger charge is 2.32. The van der Waals surface area contributed by atoms with Gasteiger partial charge in [-0.3, -0.25) is 0 Å². The van der Waals surface area contributed by atoms with Gasteiger partial charge in [0.1, 0.15) is 0 Å². The van der Waals surface area contributed by atoms with Crippen molar-refractivity contribution in [3.05, 3.63) is 0 Å². The van der Waals surface area contributed by atoms with E-state index in [0.29, 0.717) is 6.54 Å². The van der Waals surface area contributed by atoms with Crippen LogP contribution < -0.4 is 0 Å². The van der Waals surface area contributed by atoms with E-state index in [9.17, 15) is 9.59 Å². The Kier molecular flexibility index (Phi) is 3.29. The molecule has 0 saturated carbocycles. The number of rotatable bonds is 1. The third kappa shape index (κ3) is 2.35. The second-order valence-electron chi connectivity index (χ2n) is 3.15. The summed E-state index contributed by atoms with van der Waals surface area (Å²) in [5.74, 6) is -1.06. The van der Waals surface area contributed by atoms with Crippen LogP contribution in [0, 0.1) is 0 Å². The Morgan fingerprint density at radius 3 is 2.64 bits per heavy atom. The Hall–Kier alpha value is -1.30. The van der Waals surface area contributed by atoms with Gasteiger partial charge in [0.25, 0.3) is 0 Å². The normalized spacial score (nSPS) is 27.1. The van der Waals surface area contributed by atoms with Gasteiger partial charge < -0.3 is 19.5 Å². The smallest absolute Gasteiger partial charge is 0.409 e. The molecule has 6 nitrogen and oxygen atoms in total. The first-order valence-corrected chi connectivity index (χ1v) is 4.25. The topological polar surface area (TPSA) is 76.1 Å². The quantitative estimate of drug-likeness (QED) is 0.645. The van der Waals surface area contributed by atoms with Crippen molar-refractivity contribution in [2.24, 2.45) is 0 Å². The van der Waals surface area contributed by atoms with Crippen LogP contribution in [0.1, 0.15) is 6.92 Å². The van der Waals surface area contributed by atoms with E-state index >= 15 is 0 Å². The lowest BCUT2D eigenvalue weighted by molar-refractivity contribution is -0.161. The van der Waals surface area contributed by atoms with E-state index in [-0.39, 0.29) is 12.6 Å². The molecule has 1 saturated heterocycles. The molecule has 1 rings (SSSR count). The van der Waals surface area contributed by atoms with Gasteiger partial charge in [0.2, 0.25) is 0 Å². The maximum absolute atomic E-state index is 11.1. The molecule has 2 atom stereocenters. The van der Waals surface area contributed by atoms with Crippen LogP contribution in [-0.2, 0) is 14.3 Å². The van der Waals surface area contributed by atoms with Gasteiger partial charge in [0, 0.05) is 0 Å². The van der Waals surface area contributed by atoms with Gasteiger partial charge in [0.15, 0.2) is 6.10 Å². The van der Waals surface area contributed by atoms with Gasteiger partial charge in [-0.05, 0) is 6.92 Å². The fourth-order valence-corrected chi connectivity index (χ4v) is 1.37. The first kappa shape index (κ1) is 10.8. The van der Waals surface area contributed by atoms with Crippen LogP contribution in [0.3, 0.4) is 0 Å². The number of carbonyl (C=O) groups excluding carboxylic acids is 1. The number of nitrogens with zero attached hydrogens (tertiary/aromatic N) is 1. The standard InChI is InChI=1S/C8H13NO5/c1-5-3-9(8(12)13-2)4-6(14-5)7(10)11/h5-6H,3-4H2,1-2H3,(H,10,11)/t5-,6-/m1/s1. The van der Waals surface area contributed by atoms with E-state index in [1.54, 1.807) is 6.92 Å². The monoisotopic (exact) mass is 203 g/mol. The zero-order valence-electron chi connectivity index (χ0n) is 8.10. The fraction of sp³-hybridized carbons (Fsp3) is 0.750. The summed E-state index contributed by atoms with van der Waals surface area (Å²) in [4.78, 5) is 23.1. The number of amides is 1. The van der Waals surface area contributed by atoms with Crippen molar-refractivity contribution in [1.29, 1.82) is 0 Å². The number of aliphatic carboxylic acids is 1. The zero-order valence-corrected chi connectivity index (χ0v) is 8.10. The van der Waals surface area contributed by atoms with Crippen LogP contribution >= 0.6 is 0 Å². The average Bonchev–Trinajstić information content (AvgIpc) is 2.15. The van der Waals surface area contributed by atoms with Gasteiger partial charge in [-0.1, -0.05) is 0 Å². The summed E-state index contributed by atoms with van der Waals surface area (Å²) in [6.45, 7) is 2.10. The minimum absolute atomic E-state index is 0.0341. The van der Waals surface area contributed by atoms with Gasteiger partial charge in [0.05, 0.1) is 26.3 Å². The van der Waals surface area contributed by atoms with Crippen LogP contribution in [-0.4, -0.2) is 54.5 Å². The van der Waals surface area contributed by atoms with E-state index < -0.39 is 18.2 Å². The molecule has 1 heterocycles. The second kappa shape index (κ2) is 4.28. The summed E-state index contributed by atoms with van der Waals surface area (Å²) in [7, 11) is 1.26. The molecule has 1 aliphatic heterocycles. The molecule has 0 spiro atoms. The molecule has 0 unspecified atom stereocenters. The summed E-state index contributed by atoms with van der Waals surface area (Å²) in [6, 6.07) is 0. The summed E-state index contributed by atoms with van der Waals surface area (Å²) in [6.07, 6.45) is -1.77. The molecule has 1 amide bonds. The predicted octanol–water partition coefficient (Wildman–Crippen LogP) is -0.0733. The molecule has 14 heavy (non-hydrogen) atoms. The highest BCUT2D eigenvalue weighted by Crippen LogP contribution is 2.11. The Balaban J connectivity index is 2.62. The minimum Gasteiger partial charge on any atom is -0.479 e. The van der Waals surface area contributed by atoms with E-state index in [0.717, 1.165) is 0 Å². The number of carboxylic acid groups (broad SMARTS) is 1. The third-order valence-electron chi connectivity index (χ3n) is 1.97. The molecular weight excluding hydrogens is 190 g/mol. The Bertz CT molecular complexity index is 242. The Morgan fingerprint density at radius 2 is 2.14 bits per heavy atom. The summed E-state index contributed by atoms with van der Waals surface area (Å²) in [5, 5.41) is 8.72. The molecule has 80 valence electrons. The second-order valence-corrected chi connectivity index (χ2v) is 3.15. The number of ether oxygens (including phenoxy) is 2. The third-order valence-corrected chi connectivity index (χ3v) is 1.97. The van der Waals surface area contributed by atoms with Gasteiger partial charge >= 0.3 is 12.1 Å². The van der Waals surface area contributed by atoms with Crippen molar-refractivity contribution in [3.8, 4) is 0 Å². The van der Waals surface area contributed by atoms with Gasteiger partial charge in [-0.25, -0.2) is 9.59 Å². The zero-order chi connectivity index (χ0) is 10.7. The molecule has 1 fully saturated rings. The Labute approximate surface area is 81.4 Å². The largest absolute Gasteiger partial charge is 0.479 e. The highest BCUT2D eigenvalue weighted by atomic mass is 16.6. The van der Waals surface area contributed by atoms with Crippen LogP contribution in [0.15, 0.2) is 0 Å². The first-order valence-electron chi connectivity index (χ1n) is 4.25. The van der Waals surface area contributed by atoms with E-state index in [4.69, 9.17) is 9.84 Å². The molecule has 0 aromatic heterocycles. The van der Waals surface area contributed by atoms with Crippen molar-refractivity contribution in [2.45, 2.75) is 19.1 Å². The molecule has 0 radical (unpaired) electrons. The maximum Gasteiger partial charge on any atom is 0.409 e. The molecule has 0 aromatic carbocycles. The predicted molar refractivity (Wildman–Crippen MR) is 45.9 cm³/mol. The summed E-state index contributed by atoms with van der Waals surface area (Å²) >= 11 is 0. The van der Waals surface area contributed by atoms with Crippen molar-refractivity contribution < 1.29 is 24.2 Å². The lowest BCUT2D eigenvalue weighted by Crippen LogP contribution is -2.51. The maximum atomic E-state index is 11.1. The molecular formula is C8H13NO5. The molecule has 0 aliphatic carbocycles. The summed E-state index contributed by atoms with van der Waals surface area (Å²) in [5.41, 5.74) is 0. The highest BCUT2D eigenvalue weighted by molar-refractivity contribution is 5.74. The summed E-state index contributed by atoms with van der Waals surface area (Å²) < 4.78 is 9.63. The van der Waals surface area contributed by atoms with E-state index in [1.807, 2.05) is 0 Å². The average molecular weight is 203 g/mol. The van der Waals surface area contributed by atoms with Crippen LogP contribution in [0.25, 0.3) is 0 Å². The molecule has 1 aliphatic rings. The lowest BCUT2D eigenvalue weighted by Gasteiger charge is -2.33. The van der Waals surface area contributed by atoms with Crippen LogP contribution in [0.5, 0.6) is 0 Å². The molecule has 0 bridgehead atoms. The number of morpholine rings is 1. The number of carbonyl (C=O) groups is 2. The van der Waals surface area contributed by atoms with Gasteiger partial charge in [-0.2, -0.15) is 0 Å². The SMILES string of the molecule is COC(=O)N1C[C@@H](C)O[C@@H](C(=O)O)C1. The van der Waals surface area contributed by atoms with Crippen molar-refractivity contribution in [1.82, 2.24) is 4.90 Å². The van der Waals surface area contributed by atoms with Crippen molar-refractivity contribution in [2.75, 3.05) is 20.2 Å². The Morgan fingerprint density at radius 1 is 1.50 bits per heavy atom. The molecule has 6 heteroatoms. The van der Waals surface area contributed by atoms with Crippen LogP contribution in [0.4, 0.5) is 4.79 Å². The van der Waals surface area contributed by atoms with E-state index in [2.05, 4.69) is 4.74 Å². The molecule has 0 aromatic rings. The van der Waals surface area contributed by atoms with Crippen molar-refractivity contribution >= 4 is 12.1 Å². The molecule has 1 N–H and O–H groups in total. The van der Waals surface area contributed by atoms with Crippen LogP contribution in [0.2, 0.25) is 0 Å². The number of hydrogen-bond acceptors (Lipinski definition) is 4. The lowest BCUT2D eigenvalue weighted by atomic mass is 10.2.